The second kappa shape index (κ2) is 38.1. The van der Waals surface area contributed by atoms with E-state index >= 15 is 0 Å². The van der Waals surface area contributed by atoms with Gasteiger partial charge in [-0.1, -0.05) is 140 Å². The maximum atomic E-state index is 9.53. The van der Waals surface area contributed by atoms with Crippen LogP contribution < -0.4 is 30.8 Å². The van der Waals surface area contributed by atoms with Crippen LogP contribution in [0.3, 0.4) is 0 Å². The van der Waals surface area contributed by atoms with Crippen molar-refractivity contribution in [2.24, 2.45) is 0 Å². The summed E-state index contributed by atoms with van der Waals surface area (Å²) < 4.78 is 12.3. The molecule has 0 amide bonds. The van der Waals surface area contributed by atoms with Crippen molar-refractivity contribution in [2.45, 2.75) is 92.9 Å². The van der Waals surface area contributed by atoms with Gasteiger partial charge in [0.25, 0.3) is 0 Å². The number of benzene rings is 2. The molecule has 0 aliphatic rings. The van der Waals surface area contributed by atoms with Crippen molar-refractivity contribution in [3.63, 3.8) is 0 Å². The predicted molar refractivity (Wildman–Crippen MR) is 160 cm³/mol. The standard InChI is InChI=1S/C16H20O2Si.4C4H9O.Ti/c1-3-17-19(18-4-2,15-11-7-5-8-12-15)16-13-9-6-10-14-16;4*1-2-3-4-5;/h5-14H,3-4H2,1-2H3;4*2-4H2,1H3;/q;4*-1;+4. The first-order valence-corrected chi connectivity index (χ1v) is 16.5. The maximum Gasteiger partial charge on any atom is 4.00 e. The molecule has 0 spiro atoms. The molecule has 0 fully saturated rings. The second-order valence-electron chi connectivity index (χ2n) is 8.45. The molecule has 0 saturated carbocycles. The predicted octanol–water partition coefficient (Wildman–Crippen LogP) is 2.90. The van der Waals surface area contributed by atoms with Crippen LogP contribution in [-0.2, 0) is 30.6 Å². The molecule has 6 nitrogen and oxygen atoms in total. The van der Waals surface area contributed by atoms with E-state index in [1.165, 1.54) is 0 Å². The summed E-state index contributed by atoms with van der Waals surface area (Å²) in [5, 5.41) is 40.4. The third-order valence-electron chi connectivity index (χ3n) is 4.99. The molecule has 0 radical (unpaired) electrons. The molecule has 0 bridgehead atoms. The Morgan fingerprint density at radius 2 is 0.725 bits per heavy atom. The average Bonchev–Trinajstić information content (AvgIpc) is 2.97. The molecular weight excluding hydrogens is 556 g/mol. The molecule has 0 heterocycles. The van der Waals surface area contributed by atoms with Gasteiger partial charge in [0.05, 0.1) is 0 Å². The molecule has 0 atom stereocenters. The zero-order valence-electron chi connectivity index (χ0n) is 26.1. The van der Waals surface area contributed by atoms with E-state index < -0.39 is 8.56 Å². The van der Waals surface area contributed by atoms with Gasteiger partial charge in [-0.15, -0.1) is 26.4 Å². The molecule has 2 aromatic carbocycles. The van der Waals surface area contributed by atoms with Crippen molar-refractivity contribution in [1.82, 2.24) is 0 Å². The van der Waals surface area contributed by atoms with Crippen LogP contribution in [0.5, 0.6) is 0 Å². The Hall–Kier alpha value is -0.869. The van der Waals surface area contributed by atoms with Crippen molar-refractivity contribution < 1.29 is 51.0 Å². The summed E-state index contributed by atoms with van der Waals surface area (Å²) in [5.41, 5.74) is 0. The number of hydrogen-bond acceptors (Lipinski definition) is 6. The Kier molecular flexibility index (Phi) is 43.9. The quantitative estimate of drug-likeness (QED) is 0.304. The van der Waals surface area contributed by atoms with Gasteiger partial charge in [0.1, 0.15) is 0 Å². The summed E-state index contributed by atoms with van der Waals surface area (Å²) >= 11 is 0. The van der Waals surface area contributed by atoms with Crippen molar-refractivity contribution in [2.75, 3.05) is 39.6 Å². The Bertz CT molecular complexity index is 600. The molecule has 0 aromatic heterocycles. The van der Waals surface area contributed by atoms with E-state index in [1.807, 2.05) is 77.9 Å². The van der Waals surface area contributed by atoms with Crippen LogP contribution in [0.15, 0.2) is 60.7 Å². The first-order chi connectivity index (χ1) is 19.0. The molecule has 8 heteroatoms. The van der Waals surface area contributed by atoms with Crippen LogP contribution in [0, 0.1) is 0 Å². The molecular formula is C32H56O6SiTi. The number of unbranched alkanes of at least 4 members (excludes halogenated alkanes) is 4. The van der Waals surface area contributed by atoms with Crippen molar-refractivity contribution >= 4 is 18.9 Å². The van der Waals surface area contributed by atoms with Gasteiger partial charge in [-0.2, -0.15) is 0 Å². The summed E-state index contributed by atoms with van der Waals surface area (Å²) in [5.74, 6) is 0. The van der Waals surface area contributed by atoms with E-state index in [-0.39, 0.29) is 48.1 Å². The average molecular weight is 613 g/mol. The normalized spacial score (nSPS) is 9.65. The van der Waals surface area contributed by atoms with Gasteiger partial charge in [-0.3, -0.25) is 0 Å². The Labute approximate surface area is 262 Å². The largest absolute Gasteiger partial charge is 4.00 e. The Balaban J connectivity index is -0.000000254. The SMILES string of the molecule is CCCC[O-].CCCC[O-].CCCC[O-].CCCC[O-].CCO[Si](OCC)(c1ccccc1)c1ccccc1.[Ti+4]. The monoisotopic (exact) mass is 612 g/mol. The fourth-order valence-corrected chi connectivity index (χ4v) is 6.00. The topological polar surface area (TPSA) is 111 Å². The van der Waals surface area contributed by atoms with Crippen LogP contribution in [0.25, 0.3) is 0 Å². The molecule has 40 heavy (non-hydrogen) atoms. The summed E-state index contributed by atoms with van der Waals surface area (Å²) in [6.07, 6.45) is 7.46. The van der Waals surface area contributed by atoms with Gasteiger partial charge in [-0.05, 0) is 24.2 Å². The molecule has 0 aliphatic heterocycles. The third-order valence-corrected chi connectivity index (χ3v) is 8.57. The maximum absolute atomic E-state index is 9.53. The molecule has 0 N–H and O–H groups in total. The Morgan fingerprint density at radius 3 is 0.875 bits per heavy atom. The van der Waals surface area contributed by atoms with Crippen LogP contribution in [0.4, 0.5) is 0 Å². The zero-order valence-corrected chi connectivity index (χ0v) is 28.7. The first kappa shape index (κ1) is 46.1. The fraction of sp³-hybridized carbons (Fsp3) is 0.625. The van der Waals surface area contributed by atoms with Crippen molar-refractivity contribution in [1.29, 1.82) is 0 Å². The van der Waals surface area contributed by atoms with E-state index in [0.717, 1.165) is 61.7 Å². The van der Waals surface area contributed by atoms with E-state index in [0.29, 0.717) is 13.2 Å². The van der Waals surface area contributed by atoms with Crippen LogP contribution in [0.2, 0.25) is 0 Å². The summed E-state index contributed by atoms with van der Waals surface area (Å²) in [7, 11) is -2.55. The molecule has 2 aromatic rings. The van der Waals surface area contributed by atoms with Crippen LogP contribution in [0.1, 0.15) is 92.9 Å². The molecule has 2 rings (SSSR count). The third kappa shape index (κ3) is 26.1. The summed E-state index contributed by atoms with van der Waals surface area (Å²) in [6, 6.07) is 20.6. The van der Waals surface area contributed by atoms with Gasteiger partial charge in [0.2, 0.25) is 0 Å². The minimum absolute atomic E-state index is 0. The van der Waals surface area contributed by atoms with Crippen LogP contribution >= 0.6 is 0 Å². The molecule has 0 unspecified atom stereocenters. The second-order valence-corrected chi connectivity index (χ2v) is 11.4. The van der Waals surface area contributed by atoms with Crippen molar-refractivity contribution in [3.8, 4) is 0 Å². The first-order valence-electron chi connectivity index (χ1n) is 14.7. The van der Waals surface area contributed by atoms with Gasteiger partial charge in [0, 0.05) is 13.2 Å². The minimum Gasteiger partial charge on any atom is -0.854 e. The summed E-state index contributed by atoms with van der Waals surface area (Å²) in [4.78, 5) is 0. The fourth-order valence-electron chi connectivity index (χ4n) is 2.84. The minimum atomic E-state index is -2.55. The van der Waals surface area contributed by atoms with Gasteiger partial charge < -0.3 is 29.3 Å². The zero-order chi connectivity index (χ0) is 30.0. The molecule has 0 aliphatic carbocycles. The van der Waals surface area contributed by atoms with Gasteiger partial charge in [-0.25, -0.2) is 0 Å². The van der Waals surface area contributed by atoms with Crippen LogP contribution in [-0.4, -0.2) is 48.2 Å². The van der Waals surface area contributed by atoms with Gasteiger partial charge in [0.15, 0.2) is 0 Å². The molecule has 228 valence electrons. The van der Waals surface area contributed by atoms with Crippen molar-refractivity contribution in [3.05, 3.63) is 60.7 Å². The van der Waals surface area contributed by atoms with E-state index in [2.05, 4.69) is 24.3 Å². The van der Waals surface area contributed by atoms with E-state index in [1.54, 1.807) is 0 Å². The number of hydrogen-bond donors (Lipinski definition) is 0. The summed E-state index contributed by atoms with van der Waals surface area (Å²) in [6.45, 7) is 13.8. The van der Waals surface area contributed by atoms with Gasteiger partial charge >= 0.3 is 30.3 Å². The molecule has 0 saturated heterocycles. The Morgan fingerprint density at radius 1 is 0.475 bits per heavy atom. The van der Waals surface area contributed by atoms with E-state index in [9.17, 15) is 20.4 Å². The number of rotatable bonds is 14. The van der Waals surface area contributed by atoms with E-state index in [4.69, 9.17) is 8.85 Å². The smallest absolute Gasteiger partial charge is 0.854 e.